The molecule has 3 fully saturated rings. The van der Waals surface area contributed by atoms with Gasteiger partial charge in [-0.3, -0.25) is 20.1 Å². The van der Waals surface area contributed by atoms with Crippen LogP contribution in [0, 0.1) is 11.8 Å². The summed E-state index contributed by atoms with van der Waals surface area (Å²) < 4.78 is 0. The standard InChI is InChI=1S/C25H33N5O/c31-25(27-21-7-4-14-30(17-21)16-18-5-2-1-3-6-18)20-8-9-23-22(15-20)24(29-28-23)19-10-12-26-13-11-19/h1-3,5-6,10-13,20-24,28-29H,4,7-9,14-17H2,(H,27,31)/t20?,21-,22?,23?,24?/m0/s1. The molecular weight excluding hydrogens is 386 g/mol. The van der Waals surface area contributed by atoms with E-state index >= 15 is 0 Å². The predicted octanol–water partition coefficient (Wildman–Crippen LogP) is 2.80. The number of fused-ring (bicyclic) bond motifs is 1. The van der Waals surface area contributed by atoms with Gasteiger partial charge in [0.05, 0.1) is 6.04 Å². The first-order chi connectivity index (χ1) is 15.3. The Bertz CT molecular complexity index is 861. The summed E-state index contributed by atoms with van der Waals surface area (Å²) in [6.45, 7) is 3.02. The van der Waals surface area contributed by atoms with Crippen molar-refractivity contribution < 1.29 is 4.79 Å². The van der Waals surface area contributed by atoms with Crippen molar-refractivity contribution in [1.29, 1.82) is 0 Å². The van der Waals surface area contributed by atoms with E-state index in [2.05, 4.69) is 68.5 Å². The highest BCUT2D eigenvalue weighted by molar-refractivity contribution is 5.79. The van der Waals surface area contributed by atoms with Crippen molar-refractivity contribution in [1.82, 2.24) is 26.1 Å². The molecule has 6 nitrogen and oxygen atoms in total. The third kappa shape index (κ3) is 4.81. The number of benzene rings is 1. The molecule has 0 spiro atoms. The molecule has 4 unspecified atom stereocenters. The fourth-order valence-corrected chi connectivity index (χ4v) is 5.67. The lowest BCUT2D eigenvalue weighted by atomic mass is 9.74. The van der Waals surface area contributed by atoms with E-state index in [0.717, 1.165) is 51.7 Å². The van der Waals surface area contributed by atoms with Gasteiger partial charge in [-0.05, 0) is 67.8 Å². The summed E-state index contributed by atoms with van der Waals surface area (Å²) in [5.74, 6) is 0.801. The number of carbonyl (C=O) groups excluding carboxylic acids is 1. The van der Waals surface area contributed by atoms with Crippen LogP contribution in [0.4, 0.5) is 0 Å². The Labute approximate surface area is 184 Å². The molecule has 31 heavy (non-hydrogen) atoms. The number of pyridine rings is 1. The van der Waals surface area contributed by atoms with Gasteiger partial charge < -0.3 is 5.32 Å². The summed E-state index contributed by atoms with van der Waals surface area (Å²) in [6, 6.07) is 15.7. The number of amides is 1. The van der Waals surface area contributed by atoms with Gasteiger partial charge in [0, 0.05) is 43.5 Å². The number of aromatic nitrogens is 1. The van der Waals surface area contributed by atoms with E-state index in [4.69, 9.17) is 0 Å². The van der Waals surface area contributed by atoms with Crippen molar-refractivity contribution in [2.75, 3.05) is 13.1 Å². The van der Waals surface area contributed by atoms with E-state index in [0.29, 0.717) is 12.0 Å². The maximum absolute atomic E-state index is 13.2. The number of nitrogens with zero attached hydrogens (tertiary/aromatic N) is 2. The van der Waals surface area contributed by atoms with Crippen LogP contribution in [0.2, 0.25) is 0 Å². The molecular formula is C25H33N5O. The number of hydrogen-bond donors (Lipinski definition) is 3. The Morgan fingerprint density at radius 1 is 1.06 bits per heavy atom. The lowest BCUT2D eigenvalue weighted by Gasteiger charge is -2.36. The van der Waals surface area contributed by atoms with Crippen LogP contribution in [0.15, 0.2) is 54.9 Å². The van der Waals surface area contributed by atoms with E-state index in [1.54, 1.807) is 0 Å². The first-order valence-electron chi connectivity index (χ1n) is 11.7. The fourth-order valence-electron chi connectivity index (χ4n) is 5.67. The molecule has 3 aliphatic rings. The molecule has 2 saturated heterocycles. The molecule has 6 heteroatoms. The van der Waals surface area contributed by atoms with Crippen molar-refractivity contribution in [3.8, 4) is 0 Å². The zero-order valence-corrected chi connectivity index (χ0v) is 18.0. The second kappa shape index (κ2) is 9.47. The molecule has 164 valence electrons. The normalized spacial score (nSPS) is 31.2. The van der Waals surface area contributed by atoms with Crippen molar-refractivity contribution in [3.05, 3.63) is 66.0 Å². The minimum atomic E-state index is 0.108. The third-order valence-corrected chi connectivity index (χ3v) is 7.29. The van der Waals surface area contributed by atoms with E-state index in [9.17, 15) is 4.79 Å². The molecule has 2 aromatic rings. The molecule has 1 aliphatic carbocycles. The smallest absolute Gasteiger partial charge is 0.223 e. The lowest BCUT2D eigenvalue weighted by molar-refractivity contribution is -0.127. The van der Waals surface area contributed by atoms with E-state index < -0.39 is 0 Å². The van der Waals surface area contributed by atoms with Gasteiger partial charge in [0.25, 0.3) is 0 Å². The predicted molar refractivity (Wildman–Crippen MR) is 121 cm³/mol. The quantitative estimate of drug-likeness (QED) is 0.695. The third-order valence-electron chi connectivity index (χ3n) is 7.29. The summed E-state index contributed by atoms with van der Waals surface area (Å²) in [6.07, 6.45) is 8.87. The van der Waals surface area contributed by atoms with Crippen molar-refractivity contribution in [2.24, 2.45) is 11.8 Å². The van der Waals surface area contributed by atoms with Gasteiger partial charge in [0.15, 0.2) is 0 Å². The van der Waals surface area contributed by atoms with Gasteiger partial charge in [0.2, 0.25) is 5.91 Å². The Kier molecular flexibility index (Phi) is 6.30. The monoisotopic (exact) mass is 419 g/mol. The molecule has 1 aromatic carbocycles. The second-order valence-corrected chi connectivity index (χ2v) is 9.40. The number of carbonyl (C=O) groups is 1. The van der Waals surface area contributed by atoms with Crippen molar-refractivity contribution in [2.45, 2.75) is 56.8 Å². The SMILES string of the molecule is O=C(N[C@H]1CCCN(Cc2ccccc2)C1)C1CCC2NNC(c3ccncc3)C2C1. The Hall–Kier alpha value is -2.28. The molecule has 5 atom stereocenters. The van der Waals surface area contributed by atoms with Crippen LogP contribution in [0.3, 0.4) is 0 Å². The number of nitrogens with one attached hydrogen (secondary N) is 3. The molecule has 3 N–H and O–H groups in total. The van der Waals surface area contributed by atoms with Crippen LogP contribution in [-0.2, 0) is 11.3 Å². The van der Waals surface area contributed by atoms with Crippen LogP contribution in [-0.4, -0.2) is 41.0 Å². The summed E-state index contributed by atoms with van der Waals surface area (Å²) in [5, 5.41) is 3.41. The number of hydrazine groups is 1. The highest BCUT2D eigenvalue weighted by Gasteiger charge is 2.43. The van der Waals surface area contributed by atoms with Gasteiger partial charge in [-0.1, -0.05) is 30.3 Å². The average Bonchev–Trinajstić information content (AvgIpc) is 3.24. The zero-order valence-electron chi connectivity index (χ0n) is 18.0. The lowest BCUT2D eigenvalue weighted by Crippen LogP contribution is -2.50. The summed E-state index contributed by atoms with van der Waals surface area (Å²) in [4.78, 5) is 19.8. The number of rotatable bonds is 5. The first kappa shape index (κ1) is 20.6. The van der Waals surface area contributed by atoms with Gasteiger partial charge >= 0.3 is 0 Å². The van der Waals surface area contributed by atoms with Crippen LogP contribution < -0.4 is 16.2 Å². The maximum Gasteiger partial charge on any atom is 0.223 e. The largest absolute Gasteiger partial charge is 0.352 e. The number of hydrogen-bond acceptors (Lipinski definition) is 5. The highest BCUT2D eigenvalue weighted by Crippen LogP contribution is 2.40. The van der Waals surface area contributed by atoms with Crippen LogP contribution in [0.1, 0.15) is 49.3 Å². The maximum atomic E-state index is 13.2. The fraction of sp³-hybridized carbons (Fsp3) is 0.520. The Balaban J connectivity index is 1.17. The van der Waals surface area contributed by atoms with Crippen molar-refractivity contribution in [3.63, 3.8) is 0 Å². The van der Waals surface area contributed by atoms with Crippen LogP contribution >= 0.6 is 0 Å². The molecule has 2 aliphatic heterocycles. The number of likely N-dealkylation sites (tertiary alicyclic amines) is 1. The molecule has 1 aromatic heterocycles. The minimum absolute atomic E-state index is 0.108. The molecule has 3 heterocycles. The van der Waals surface area contributed by atoms with E-state index in [1.165, 1.54) is 11.1 Å². The van der Waals surface area contributed by atoms with Gasteiger partial charge in [-0.15, -0.1) is 0 Å². The second-order valence-electron chi connectivity index (χ2n) is 9.40. The molecule has 5 rings (SSSR count). The molecule has 1 saturated carbocycles. The Morgan fingerprint density at radius 3 is 2.74 bits per heavy atom. The van der Waals surface area contributed by atoms with Crippen LogP contribution in [0.5, 0.6) is 0 Å². The van der Waals surface area contributed by atoms with Gasteiger partial charge in [0.1, 0.15) is 0 Å². The number of piperidine rings is 1. The first-order valence-corrected chi connectivity index (χ1v) is 11.7. The van der Waals surface area contributed by atoms with Crippen molar-refractivity contribution >= 4 is 5.91 Å². The summed E-state index contributed by atoms with van der Waals surface area (Å²) in [7, 11) is 0. The average molecular weight is 420 g/mol. The van der Waals surface area contributed by atoms with Gasteiger partial charge in [-0.25, -0.2) is 5.43 Å². The topological polar surface area (TPSA) is 69.3 Å². The highest BCUT2D eigenvalue weighted by atomic mass is 16.2. The van der Waals surface area contributed by atoms with Crippen LogP contribution in [0.25, 0.3) is 0 Å². The minimum Gasteiger partial charge on any atom is -0.352 e. The molecule has 0 radical (unpaired) electrons. The summed E-state index contributed by atoms with van der Waals surface area (Å²) in [5.41, 5.74) is 9.53. The van der Waals surface area contributed by atoms with E-state index in [1.807, 2.05) is 12.4 Å². The molecule has 0 bridgehead atoms. The van der Waals surface area contributed by atoms with E-state index in [-0.39, 0.29) is 23.9 Å². The van der Waals surface area contributed by atoms with Gasteiger partial charge in [-0.2, -0.15) is 0 Å². The zero-order chi connectivity index (χ0) is 21.0. The summed E-state index contributed by atoms with van der Waals surface area (Å²) >= 11 is 0. The Morgan fingerprint density at radius 2 is 1.90 bits per heavy atom. The molecule has 1 amide bonds.